The molecule has 0 unspecified atom stereocenters. The summed E-state index contributed by atoms with van der Waals surface area (Å²) in [6, 6.07) is 9.30. The number of ether oxygens (including phenoxy) is 3. The van der Waals surface area contributed by atoms with E-state index in [1.165, 1.54) is 25.2 Å². The molecule has 0 saturated carbocycles. The first-order valence-corrected chi connectivity index (χ1v) is 8.87. The van der Waals surface area contributed by atoms with E-state index >= 15 is 0 Å². The fourth-order valence-corrected chi connectivity index (χ4v) is 2.93. The average molecular weight is 375 g/mol. The van der Waals surface area contributed by atoms with Crippen molar-refractivity contribution < 1.29 is 23.8 Å². The van der Waals surface area contributed by atoms with Crippen molar-refractivity contribution in [1.29, 1.82) is 0 Å². The van der Waals surface area contributed by atoms with Crippen molar-refractivity contribution in [2.45, 2.75) is 6.42 Å². The highest BCUT2D eigenvalue weighted by molar-refractivity contribution is 7.09. The molecule has 1 N–H and O–H groups in total. The van der Waals surface area contributed by atoms with Crippen LogP contribution in [-0.2, 0) is 20.7 Å². The molecule has 2 rings (SSSR count). The third-order valence-electron chi connectivity index (χ3n) is 3.45. The van der Waals surface area contributed by atoms with Gasteiger partial charge in [0.25, 0.3) is 5.91 Å². The lowest BCUT2D eigenvalue weighted by atomic mass is 10.1. The van der Waals surface area contributed by atoms with Crippen LogP contribution in [0.1, 0.15) is 10.4 Å². The molecule has 0 spiro atoms. The van der Waals surface area contributed by atoms with E-state index in [2.05, 4.69) is 5.32 Å². The molecule has 1 aromatic heterocycles. The minimum Gasteiger partial charge on any atom is -0.493 e. The second-order valence-corrected chi connectivity index (χ2v) is 6.24. The summed E-state index contributed by atoms with van der Waals surface area (Å²) in [4.78, 5) is 24.7. The van der Waals surface area contributed by atoms with Gasteiger partial charge in [-0.05, 0) is 30.0 Å². The number of hydrogen-bond acceptors (Lipinski definition) is 6. The normalized spacial score (nSPS) is 10.5. The van der Waals surface area contributed by atoms with E-state index in [0.29, 0.717) is 23.6 Å². The lowest BCUT2D eigenvalue weighted by Crippen LogP contribution is -2.30. The second kappa shape index (κ2) is 10.2. The zero-order valence-electron chi connectivity index (χ0n) is 14.7. The number of carbonyl (C=O) groups excluding carboxylic acids is 2. The number of thiophene rings is 1. The van der Waals surface area contributed by atoms with Gasteiger partial charge < -0.3 is 19.5 Å². The maximum atomic E-state index is 11.8. The Hall–Kier alpha value is -2.80. The smallest absolute Gasteiger partial charge is 0.331 e. The molecule has 1 aromatic carbocycles. The lowest BCUT2D eigenvalue weighted by Gasteiger charge is -2.09. The summed E-state index contributed by atoms with van der Waals surface area (Å²) in [6.45, 7) is 0.191. The summed E-state index contributed by atoms with van der Waals surface area (Å²) >= 11 is 1.64. The van der Waals surface area contributed by atoms with Crippen molar-refractivity contribution in [3.8, 4) is 11.5 Å². The predicted octanol–water partition coefficient (Wildman–Crippen LogP) is 2.68. The van der Waals surface area contributed by atoms with Gasteiger partial charge in [0.15, 0.2) is 18.1 Å². The Morgan fingerprint density at radius 2 is 2.00 bits per heavy atom. The Kier molecular flexibility index (Phi) is 7.70. The first-order valence-electron chi connectivity index (χ1n) is 7.99. The number of nitrogens with one attached hydrogen (secondary N) is 1. The van der Waals surface area contributed by atoms with Crippen molar-refractivity contribution in [1.82, 2.24) is 5.32 Å². The van der Waals surface area contributed by atoms with Gasteiger partial charge in [-0.25, -0.2) is 4.79 Å². The van der Waals surface area contributed by atoms with E-state index in [-0.39, 0.29) is 12.5 Å². The molecule has 26 heavy (non-hydrogen) atoms. The number of carbonyl (C=O) groups is 2. The van der Waals surface area contributed by atoms with E-state index in [1.54, 1.807) is 35.6 Å². The maximum Gasteiger partial charge on any atom is 0.331 e. The predicted molar refractivity (Wildman–Crippen MR) is 101 cm³/mol. The van der Waals surface area contributed by atoms with Gasteiger partial charge in [-0.15, -0.1) is 11.3 Å². The molecule has 0 radical (unpaired) electrons. The average Bonchev–Trinajstić information content (AvgIpc) is 3.17. The molecule has 7 heteroatoms. The van der Waals surface area contributed by atoms with Gasteiger partial charge >= 0.3 is 5.97 Å². The van der Waals surface area contributed by atoms with E-state index in [1.807, 2.05) is 17.5 Å². The van der Waals surface area contributed by atoms with Gasteiger partial charge in [0, 0.05) is 23.1 Å². The van der Waals surface area contributed by atoms with Crippen LogP contribution in [-0.4, -0.2) is 39.2 Å². The second-order valence-electron chi connectivity index (χ2n) is 5.20. The number of esters is 1. The molecule has 0 aliphatic rings. The molecule has 6 nitrogen and oxygen atoms in total. The van der Waals surface area contributed by atoms with Crippen LogP contribution >= 0.6 is 11.3 Å². The van der Waals surface area contributed by atoms with Crippen molar-refractivity contribution in [3.63, 3.8) is 0 Å². The van der Waals surface area contributed by atoms with Gasteiger partial charge in [-0.2, -0.15) is 0 Å². The lowest BCUT2D eigenvalue weighted by molar-refractivity contribution is -0.143. The van der Waals surface area contributed by atoms with Crippen LogP contribution in [0.2, 0.25) is 0 Å². The summed E-state index contributed by atoms with van der Waals surface area (Å²) in [5, 5.41) is 4.70. The van der Waals surface area contributed by atoms with Crippen LogP contribution < -0.4 is 14.8 Å². The largest absolute Gasteiger partial charge is 0.493 e. The van der Waals surface area contributed by atoms with Gasteiger partial charge in [0.05, 0.1) is 14.2 Å². The molecule has 2 aromatic rings. The summed E-state index contributed by atoms with van der Waals surface area (Å²) in [5.74, 6) is 0.143. The standard InChI is InChI=1S/C19H21NO5S/c1-23-16-7-3-5-14(19(16)24-2)8-9-18(22)25-13-17(21)20-11-10-15-6-4-12-26-15/h3-9,12H,10-11,13H2,1-2H3,(H,20,21)/b9-8+. The highest BCUT2D eigenvalue weighted by atomic mass is 32.1. The van der Waals surface area contributed by atoms with Crippen LogP contribution in [0.25, 0.3) is 6.08 Å². The molecule has 0 atom stereocenters. The summed E-state index contributed by atoms with van der Waals surface area (Å²) in [6.07, 6.45) is 3.56. The number of hydrogen-bond donors (Lipinski definition) is 1. The van der Waals surface area contributed by atoms with E-state index < -0.39 is 5.97 Å². The van der Waals surface area contributed by atoms with E-state index in [9.17, 15) is 9.59 Å². The molecular formula is C19H21NO5S. The molecule has 138 valence electrons. The fraction of sp³-hybridized carbons (Fsp3) is 0.263. The zero-order chi connectivity index (χ0) is 18.8. The minimum atomic E-state index is -0.608. The third-order valence-corrected chi connectivity index (χ3v) is 4.39. The van der Waals surface area contributed by atoms with Crippen LogP contribution in [0.3, 0.4) is 0 Å². The first-order chi connectivity index (χ1) is 12.6. The quantitative estimate of drug-likeness (QED) is 0.539. The number of para-hydroxylation sites is 1. The van der Waals surface area contributed by atoms with E-state index in [0.717, 1.165) is 6.42 Å². The van der Waals surface area contributed by atoms with Crippen LogP contribution in [0.15, 0.2) is 41.8 Å². The summed E-state index contributed by atoms with van der Waals surface area (Å²) in [7, 11) is 3.06. The number of methoxy groups -OCH3 is 2. The van der Waals surface area contributed by atoms with Crippen molar-refractivity contribution >= 4 is 29.3 Å². The van der Waals surface area contributed by atoms with Crippen LogP contribution in [0.4, 0.5) is 0 Å². The van der Waals surface area contributed by atoms with Crippen LogP contribution in [0.5, 0.6) is 11.5 Å². The molecular weight excluding hydrogens is 354 g/mol. The number of amides is 1. The van der Waals surface area contributed by atoms with Crippen molar-refractivity contribution in [2.24, 2.45) is 0 Å². The van der Waals surface area contributed by atoms with Gasteiger partial charge in [0.1, 0.15) is 0 Å². The van der Waals surface area contributed by atoms with Crippen molar-refractivity contribution in [3.05, 3.63) is 52.2 Å². The maximum absolute atomic E-state index is 11.8. The van der Waals surface area contributed by atoms with Gasteiger partial charge in [-0.3, -0.25) is 4.79 Å². The molecule has 0 bridgehead atoms. The molecule has 1 heterocycles. The molecule has 0 saturated heterocycles. The molecule has 0 aliphatic carbocycles. The molecule has 0 aliphatic heterocycles. The Morgan fingerprint density at radius 1 is 1.15 bits per heavy atom. The highest BCUT2D eigenvalue weighted by Crippen LogP contribution is 2.31. The Labute approximate surface area is 156 Å². The van der Waals surface area contributed by atoms with Gasteiger partial charge in [-0.1, -0.05) is 18.2 Å². The summed E-state index contributed by atoms with van der Waals surface area (Å²) < 4.78 is 15.4. The third kappa shape index (κ3) is 5.93. The van der Waals surface area contributed by atoms with Crippen molar-refractivity contribution in [2.75, 3.05) is 27.4 Å². The Bertz CT molecular complexity index is 755. The monoisotopic (exact) mass is 375 g/mol. The topological polar surface area (TPSA) is 73.9 Å². The highest BCUT2D eigenvalue weighted by Gasteiger charge is 2.08. The zero-order valence-corrected chi connectivity index (χ0v) is 15.5. The summed E-state index contributed by atoms with van der Waals surface area (Å²) in [5.41, 5.74) is 0.671. The number of benzene rings is 1. The van der Waals surface area contributed by atoms with Gasteiger partial charge in [0.2, 0.25) is 0 Å². The molecule has 1 amide bonds. The molecule has 0 fully saturated rings. The SMILES string of the molecule is COc1cccc(/C=C/C(=O)OCC(=O)NCCc2cccs2)c1OC. The first kappa shape index (κ1) is 19.5. The number of rotatable bonds is 9. The van der Waals surface area contributed by atoms with Crippen LogP contribution in [0, 0.1) is 0 Å². The fourth-order valence-electron chi connectivity index (χ4n) is 2.22. The minimum absolute atomic E-state index is 0.317. The van der Waals surface area contributed by atoms with E-state index in [4.69, 9.17) is 14.2 Å². The Morgan fingerprint density at radius 3 is 2.69 bits per heavy atom. The Balaban J connectivity index is 1.77.